The maximum Gasteiger partial charge on any atom is 0.295 e. The molecule has 1 unspecified atom stereocenters. The number of likely N-dealkylation sites (tertiary alicyclic amines) is 1. The van der Waals surface area contributed by atoms with Crippen LogP contribution < -0.4 is 19.6 Å². The zero-order valence-corrected chi connectivity index (χ0v) is 18.6. The average Bonchev–Trinajstić information content (AvgIpc) is 3.09. The predicted molar refractivity (Wildman–Crippen MR) is 119 cm³/mol. The molecular formula is C26H24N2O5. The summed E-state index contributed by atoms with van der Waals surface area (Å²) in [5.41, 5.74) is 2.52. The number of pyridine rings is 1. The fourth-order valence-electron chi connectivity index (χ4n) is 4.00. The van der Waals surface area contributed by atoms with Gasteiger partial charge in [0.15, 0.2) is 12.4 Å². The molecule has 1 aliphatic heterocycles. The summed E-state index contributed by atoms with van der Waals surface area (Å²) in [7, 11) is 3.03. The molecule has 1 N–H and O–H groups in total. The van der Waals surface area contributed by atoms with Crippen molar-refractivity contribution in [3.8, 4) is 11.5 Å². The van der Waals surface area contributed by atoms with E-state index in [-0.39, 0.29) is 12.1 Å². The molecule has 0 bridgehead atoms. The van der Waals surface area contributed by atoms with E-state index in [1.807, 2.05) is 13.0 Å². The van der Waals surface area contributed by atoms with Gasteiger partial charge in [0.05, 0.1) is 26.8 Å². The number of nitrogens with zero attached hydrogens (tertiary/aromatic N) is 1. The van der Waals surface area contributed by atoms with Crippen LogP contribution in [0.5, 0.6) is 11.5 Å². The summed E-state index contributed by atoms with van der Waals surface area (Å²) < 4.78 is 10.9. The van der Waals surface area contributed by atoms with Gasteiger partial charge < -0.3 is 19.5 Å². The molecule has 0 saturated carbocycles. The van der Waals surface area contributed by atoms with E-state index in [2.05, 4.69) is 4.98 Å². The van der Waals surface area contributed by atoms with Crippen LogP contribution in [-0.2, 0) is 16.1 Å². The molecule has 1 amide bonds. The molecule has 0 radical (unpaired) electrons. The van der Waals surface area contributed by atoms with Crippen molar-refractivity contribution < 1.29 is 29.2 Å². The van der Waals surface area contributed by atoms with Crippen LogP contribution in [0, 0.1) is 6.92 Å². The Hall–Kier alpha value is -4.13. The lowest BCUT2D eigenvalue weighted by Gasteiger charge is -2.28. The third kappa shape index (κ3) is 4.17. The molecule has 1 aromatic heterocycles. The second-order valence-corrected chi connectivity index (χ2v) is 7.79. The topological polar surface area (TPSA) is 93.0 Å². The Labute approximate surface area is 191 Å². The van der Waals surface area contributed by atoms with E-state index in [1.165, 1.54) is 19.1 Å². The maximum atomic E-state index is 13.5. The molecule has 3 aromatic rings. The largest absolute Gasteiger partial charge is 0.872 e. The molecule has 1 fully saturated rings. The van der Waals surface area contributed by atoms with E-state index < -0.39 is 23.5 Å². The Morgan fingerprint density at radius 1 is 1.06 bits per heavy atom. The fourth-order valence-corrected chi connectivity index (χ4v) is 4.00. The fraction of sp³-hybridized carbons (Fsp3) is 0.192. The molecule has 7 nitrogen and oxygen atoms in total. The van der Waals surface area contributed by atoms with Crippen molar-refractivity contribution in [2.45, 2.75) is 19.5 Å². The van der Waals surface area contributed by atoms with Gasteiger partial charge in [-0.25, -0.2) is 4.98 Å². The zero-order valence-electron chi connectivity index (χ0n) is 18.6. The highest BCUT2D eigenvalue weighted by Crippen LogP contribution is 2.44. The number of Topliss-reactive ketones (excluding diaryl/α,β-unsaturated/α-hetero) is 1. The second-order valence-electron chi connectivity index (χ2n) is 7.79. The number of amides is 1. The van der Waals surface area contributed by atoms with Gasteiger partial charge in [-0.1, -0.05) is 35.6 Å². The highest BCUT2D eigenvalue weighted by atomic mass is 16.5. The number of ketones is 1. The van der Waals surface area contributed by atoms with Crippen molar-refractivity contribution in [3.63, 3.8) is 0 Å². The number of carbonyl (C=O) groups is 2. The molecular weight excluding hydrogens is 420 g/mol. The Morgan fingerprint density at radius 3 is 2.45 bits per heavy atom. The number of carbonyl (C=O) groups excluding carboxylic acids is 2. The van der Waals surface area contributed by atoms with Gasteiger partial charge in [-0.05, 0) is 36.8 Å². The quantitative estimate of drug-likeness (QED) is 0.330. The number of aromatic amines is 1. The first-order valence-corrected chi connectivity index (χ1v) is 10.4. The first kappa shape index (κ1) is 22.1. The molecule has 1 aliphatic rings. The monoisotopic (exact) mass is 444 g/mol. The zero-order chi connectivity index (χ0) is 23.5. The van der Waals surface area contributed by atoms with Crippen molar-refractivity contribution in [2.24, 2.45) is 0 Å². The maximum absolute atomic E-state index is 13.5. The van der Waals surface area contributed by atoms with Crippen LogP contribution in [0.25, 0.3) is 5.76 Å². The average molecular weight is 444 g/mol. The summed E-state index contributed by atoms with van der Waals surface area (Å²) in [6.07, 6.45) is 3.50. The van der Waals surface area contributed by atoms with Gasteiger partial charge in [0.1, 0.15) is 11.5 Å². The van der Waals surface area contributed by atoms with E-state index in [0.717, 1.165) is 11.1 Å². The lowest BCUT2D eigenvalue weighted by molar-refractivity contribution is -0.378. The molecule has 2 heterocycles. The molecule has 0 spiro atoms. The molecule has 1 atom stereocenters. The van der Waals surface area contributed by atoms with Gasteiger partial charge in [0.2, 0.25) is 5.78 Å². The molecule has 4 rings (SSSR count). The van der Waals surface area contributed by atoms with Gasteiger partial charge in [-0.2, -0.15) is 0 Å². The van der Waals surface area contributed by atoms with Gasteiger partial charge in [-0.15, -0.1) is 0 Å². The smallest absolute Gasteiger partial charge is 0.295 e. The summed E-state index contributed by atoms with van der Waals surface area (Å²) in [4.78, 5) is 30.8. The standard InChI is InChI=1S/C26H24N2O5/c1-16-6-8-18(9-7-16)24(29)22-23(20-13-19(32-2)10-11-21(20)33-3)28(26(31)25(22)30)15-17-5-4-12-27-14-17/h4-14,23,29H,15H2,1-3H3. The van der Waals surface area contributed by atoms with Gasteiger partial charge in [-0.3, -0.25) is 9.59 Å². The minimum absolute atomic E-state index is 0.102. The van der Waals surface area contributed by atoms with E-state index >= 15 is 0 Å². The van der Waals surface area contributed by atoms with Crippen molar-refractivity contribution in [2.75, 3.05) is 14.2 Å². The minimum Gasteiger partial charge on any atom is -0.872 e. The van der Waals surface area contributed by atoms with Crippen LogP contribution in [0.4, 0.5) is 0 Å². The van der Waals surface area contributed by atoms with E-state index in [0.29, 0.717) is 22.6 Å². The number of methoxy groups -OCH3 is 2. The van der Waals surface area contributed by atoms with Gasteiger partial charge >= 0.3 is 0 Å². The highest BCUT2D eigenvalue weighted by molar-refractivity contribution is 6.46. The number of H-pyrrole nitrogens is 1. The molecule has 1 saturated heterocycles. The third-order valence-electron chi connectivity index (χ3n) is 5.70. The highest BCUT2D eigenvalue weighted by Gasteiger charge is 2.45. The lowest BCUT2D eigenvalue weighted by Crippen LogP contribution is -2.30. The number of rotatable bonds is 6. The Kier molecular flexibility index (Phi) is 6.13. The van der Waals surface area contributed by atoms with E-state index in [4.69, 9.17) is 9.47 Å². The number of hydrogen-bond acceptors (Lipinski definition) is 5. The van der Waals surface area contributed by atoms with Crippen molar-refractivity contribution in [3.05, 3.63) is 94.8 Å². The van der Waals surface area contributed by atoms with Crippen LogP contribution in [0.15, 0.2) is 72.6 Å². The SMILES string of the molecule is COc1ccc(OC)c(C2C(=C([O-])c3ccc(C)cc3)C(=O)C(=O)N2Cc2ccc[nH+]c2)c1. The Balaban J connectivity index is 1.93. The molecule has 33 heavy (non-hydrogen) atoms. The number of aromatic nitrogens is 1. The number of hydrogen-bond donors (Lipinski definition) is 0. The van der Waals surface area contributed by atoms with Crippen LogP contribution in [-0.4, -0.2) is 30.8 Å². The van der Waals surface area contributed by atoms with Crippen LogP contribution >= 0.6 is 0 Å². The molecule has 168 valence electrons. The first-order chi connectivity index (χ1) is 15.9. The first-order valence-electron chi connectivity index (χ1n) is 10.4. The summed E-state index contributed by atoms with van der Waals surface area (Å²) >= 11 is 0. The summed E-state index contributed by atoms with van der Waals surface area (Å²) in [5, 5.41) is 13.5. The number of ether oxygens (including phenoxy) is 2. The van der Waals surface area contributed by atoms with E-state index in [1.54, 1.807) is 60.9 Å². The minimum atomic E-state index is -0.927. The van der Waals surface area contributed by atoms with E-state index in [9.17, 15) is 14.7 Å². The van der Waals surface area contributed by atoms with Gasteiger partial charge in [0, 0.05) is 22.8 Å². The normalized spacial score (nSPS) is 17.3. The van der Waals surface area contributed by atoms with Crippen molar-refractivity contribution >= 4 is 17.4 Å². The number of nitrogens with one attached hydrogen (secondary N) is 1. The lowest BCUT2D eigenvalue weighted by atomic mass is 9.94. The van der Waals surface area contributed by atoms with Crippen molar-refractivity contribution in [1.82, 2.24) is 4.90 Å². The summed E-state index contributed by atoms with van der Waals surface area (Å²) in [5.74, 6) is -1.06. The Morgan fingerprint density at radius 2 is 1.82 bits per heavy atom. The van der Waals surface area contributed by atoms with Crippen LogP contribution in [0.3, 0.4) is 0 Å². The van der Waals surface area contributed by atoms with Gasteiger partial charge in [0.25, 0.3) is 5.91 Å². The summed E-state index contributed by atoms with van der Waals surface area (Å²) in [6.45, 7) is 2.05. The Bertz CT molecular complexity index is 1220. The third-order valence-corrected chi connectivity index (χ3v) is 5.70. The summed E-state index contributed by atoms with van der Waals surface area (Å²) in [6, 6.07) is 14.8. The second kappa shape index (κ2) is 9.16. The van der Waals surface area contributed by atoms with Crippen molar-refractivity contribution in [1.29, 1.82) is 0 Å². The molecule has 7 heteroatoms. The number of benzene rings is 2. The van der Waals surface area contributed by atoms with Crippen LogP contribution in [0.1, 0.15) is 28.3 Å². The molecule has 2 aromatic carbocycles. The van der Waals surface area contributed by atoms with Crippen LogP contribution in [0.2, 0.25) is 0 Å². The molecule has 0 aliphatic carbocycles. The number of aryl methyl sites for hydroxylation is 1. The predicted octanol–water partition coefficient (Wildman–Crippen LogP) is 2.25.